The van der Waals surface area contributed by atoms with Gasteiger partial charge in [-0.2, -0.15) is 13.2 Å². The van der Waals surface area contributed by atoms with Gasteiger partial charge in [0, 0.05) is 12.1 Å². The number of hydrogen-bond donors (Lipinski definition) is 0. The Hall–Kier alpha value is -1.95. The maximum atomic E-state index is 12.7. The molecule has 0 amide bonds. The lowest BCUT2D eigenvalue weighted by Crippen LogP contribution is -2.32. The third-order valence-corrected chi connectivity index (χ3v) is 3.46. The average molecular weight is 297 g/mol. The van der Waals surface area contributed by atoms with Crippen molar-refractivity contribution < 1.29 is 22.3 Å². The first-order valence-electron chi connectivity index (χ1n) is 6.52. The zero-order valence-corrected chi connectivity index (χ0v) is 11.4. The molecule has 0 aliphatic carbocycles. The van der Waals surface area contributed by atoms with Crippen molar-refractivity contribution in [1.29, 1.82) is 0 Å². The fourth-order valence-electron chi connectivity index (χ4n) is 2.47. The van der Waals surface area contributed by atoms with Crippen LogP contribution in [0.25, 0.3) is 0 Å². The van der Waals surface area contributed by atoms with Crippen LogP contribution in [0.5, 0.6) is 5.75 Å². The summed E-state index contributed by atoms with van der Waals surface area (Å²) in [6, 6.07) is 6.74. The molecule has 2 aromatic rings. The highest BCUT2D eigenvalue weighted by Gasteiger charge is 2.31. The topological polar surface area (TPSA) is 25.6 Å². The molecule has 0 saturated heterocycles. The molecular formula is C15H14F3NO2. The first-order chi connectivity index (χ1) is 9.93. The predicted octanol–water partition coefficient (Wildman–Crippen LogP) is 3.86. The van der Waals surface area contributed by atoms with E-state index in [-0.39, 0.29) is 11.9 Å². The van der Waals surface area contributed by atoms with E-state index in [0.717, 1.165) is 23.5 Å². The van der Waals surface area contributed by atoms with Gasteiger partial charge < -0.3 is 9.15 Å². The number of halogens is 3. The maximum absolute atomic E-state index is 12.7. The van der Waals surface area contributed by atoms with Crippen LogP contribution < -0.4 is 4.74 Å². The molecular weight excluding hydrogens is 283 g/mol. The second kappa shape index (κ2) is 5.11. The van der Waals surface area contributed by atoms with Crippen LogP contribution in [0.15, 0.2) is 41.0 Å². The molecule has 1 unspecified atom stereocenters. The molecule has 112 valence electrons. The van der Waals surface area contributed by atoms with Gasteiger partial charge in [0.1, 0.15) is 17.6 Å². The van der Waals surface area contributed by atoms with Crippen molar-refractivity contribution in [2.75, 3.05) is 13.6 Å². The Labute approximate surface area is 119 Å². The zero-order chi connectivity index (χ0) is 15.0. The van der Waals surface area contributed by atoms with Gasteiger partial charge in [-0.15, -0.1) is 0 Å². The molecule has 1 aliphatic heterocycles. The zero-order valence-electron chi connectivity index (χ0n) is 11.4. The monoisotopic (exact) mass is 297 g/mol. The number of nitrogens with zero attached hydrogens (tertiary/aromatic N) is 1. The summed E-state index contributed by atoms with van der Waals surface area (Å²) in [7, 11) is 1.91. The van der Waals surface area contributed by atoms with Crippen molar-refractivity contribution >= 4 is 0 Å². The molecule has 0 N–H and O–H groups in total. The van der Waals surface area contributed by atoms with Gasteiger partial charge in [-0.1, -0.05) is 6.07 Å². The fourth-order valence-corrected chi connectivity index (χ4v) is 2.47. The number of alkyl halides is 3. The molecule has 1 aliphatic rings. The van der Waals surface area contributed by atoms with Crippen LogP contribution in [0.2, 0.25) is 0 Å². The Bertz CT molecular complexity index is 636. The van der Waals surface area contributed by atoms with E-state index in [4.69, 9.17) is 9.15 Å². The van der Waals surface area contributed by atoms with E-state index in [0.29, 0.717) is 13.1 Å². The van der Waals surface area contributed by atoms with Gasteiger partial charge >= 0.3 is 6.18 Å². The highest BCUT2D eigenvalue weighted by Crippen LogP contribution is 2.34. The molecule has 1 aromatic heterocycles. The minimum atomic E-state index is -4.37. The summed E-state index contributed by atoms with van der Waals surface area (Å²) in [5.41, 5.74) is 0.182. The van der Waals surface area contributed by atoms with Gasteiger partial charge in [0.2, 0.25) is 0 Å². The van der Waals surface area contributed by atoms with E-state index in [1.165, 1.54) is 12.1 Å². The Balaban J connectivity index is 1.85. The molecule has 1 aromatic carbocycles. The average Bonchev–Trinajstić information content (AvgIpc) is 2.86. The van der Waals surface area contributed by atoms with Crippen molar-refractivity contribution in [2.24, 2.45) is 0 Å². The molecule has 3 nitrogen and oxygen atoms in total. The quantitative estimate of drug-likeness (QED) is 0.841. The van der Waals surface area contributed by atoms with Crippen molar-refractivity contribution in [3.05, 3.63) is 53.5 Å². The van der Waals surface area contributed by atoms with Gasteiger partial charge in [-0.3, -0.25) is 4.90 Å². The largest absolute Gasteiger partial charge is 0.484 e. The van der Waals surface area contributed by atoms with E-state index in [9.17, 15) is 13.2 Å². The van der Waals surface area contributed by atoms with Crippen molar-refractivity contribution in [1.82, 2.24) is 4.90 Å². The summed E-state index contributed by atoms with van der Waals surface area (Å²) in [6.07, 6.45) is -3.13. The molecule has 1 atom stereocenters. The number of ether oxygens (including phenoxy) is 1. The third kappa shape index (κ3) is 2.90. The van der Waals surface area contributed by atoms with E-state index >= 15 is 0 Å². The summed E-state index contributed by atoms with van der Waals surface area (Å²) in [5.74, 6) is 0.998. The van der Waals surface area contributed by atoms with Crippen LogP contribution in [-0.2, 0) is 12.7 Å². The van der Waals surface area contributed by atoms with E-state index < -0.39 is 11.7 Å². The minimum Gasteiger partial charge on any atom is -0.484 e. The molecule has 6 heteroatoms. The van der Waals surface area contributed by atoms with E-state index in [1.807, 2.05) is 11.9 Å². The number of furan rings is 1. The van der Waals surface area contributed by atoms with Crippen molar-refractivity contribution in [3.8, 4) is 5.75 Å². The van der Waals surface area contributed by atoms with Gasteiger partial charge in [0.15, 0.2) is 0 Å². The highest BCUT2D eigenvalue weighted by molar-refractivity contribution is 5.32. The van der Waals surface area contributed by atoms with Crippen molar-refractivity contribution in [2.45, 2.75) is 18.8 Å². The Morgan fingerprint density at radius 1 is 1.29 bits per heavy atom. The Morgan fingerprint density at radius 3 is 2.86 bits per heavy atom. The molecule has 0 spiro atoms. The standard InChI is InChI=1S/C15H14F3NO2/c1-19-8-13-12(5-6-20-13)14(9-19)21-11-4-2-3-10(7-11)15(16,17)18/h2-7,14H,8-9H2,1H3. The minimum absolute atomic E-state index is 0.206. The third-order valence-electron chi connectivity index (χ3n) is 3.46. The lowest BCUT2D eigenvalue weighted by atomic mass is 10.1. The van der Waals surface area contributed by atoms with Gasteiger partial charge in [0.25, 0.3) is 0 Å². The molecule has 0 radical (unpaired) electrons. The van der Waals surface area contributed by atoms with Crippen LogP contribution in [0.3, 0.4) is 0 Å². The normalized spacial score (nSPS) is 19.3. The summed E-state index contributed by atoms with van der Waals surface area (Å²) in [5, 5.41) is 0. The molecule has 0 fully saturated rings. The predicted molar refractivity (Wildman–Crippen MR) is 69.9 cm³/mol. The molecule has 21 heavy (non-hydrogen) atoms. The molecule has 0 bridgehead atoms. The number of likely N-dealkylation sites (N-methyl/N-ethyl adjacent to an activating group) is 1. The first-order valence-corrected chi connectivity index (χ1v) is 6.52. The van der Waals surface area contributed by atoms with Gasteiger partial charge in [0.05, 0.1) is 18.4 Å². The number of fused-ring (bicyclic) bond motifs is 1. The molecule has 2 heterocycles. The Morgan fingerprint density at radius 2 is 2.10 bits per heavy atom. The number of rotatable bonds is 2. The lowest BCUT2D eigenvalue weighted by molar-refractivity contribution is -0.137. The van der Waals surface area contributed by atoms with Crippen LogP contribution in [0.1, 0.15) is 23.0 Å². The molecule has 0 saturated carbocycles. The summed E-state index contributed by atoms with van der Waals surface area (Å²) in [6.45, 7) is 1.27. The smallest absolute Gasteiger partial charge is 0.416 e. The fraction of sp³-hybridized carbons (Fsp3) is 0.333. The first kappa shape index (κ1) is 14.0. The SMILES string of the molecule is CN1Cc2occc2C(Oc2cccc(C(F)(F)F)c2)C1. The summed E-state index contributed by atoms with van der Waals surface area (Å²) >= 11 is 0. The van der Waals surface area contributed by atoms with Crippen LogP contribution in [-0.4, -0.2) is 18.5 Å². The summed E-state index contributed by atoms with van der Waals surface area (Å²) in [4.78, 5) is 2.00. The van der Waals surface area contributed by atoms with Crippen LogP contribution in [0, 0.1) is 0 Å². The van der Waals surface area contributed by atoms with Crippen LogP contribution >= 0.6 is 0 Å². The van der Waals surface area contributed by atoms with Crippen LogP contribution in [0.4, 0.5) is 13.2 Å². The van der Waals surface area contributed by atoms with Gasteiger partial charge in [-0.25, -0.2) is 0 Å². The number of benzene rings is 1. The van der Waals surface area contributed by atoms with E-state index in [1.54, 1.807) is 12.3 Å². The van der Waals surface area contributed by atoms with Crippen molar-refractivity contribution in [3.63, 3.8) is 0 Å². The highest BCUT2D eigenvalue weighted by atomic mass is 19.4. The molecule has 3 rings (SSSR count). The van der Waals surface area contributed by atoms with Gasteiger partial charge in [-0.05, 0) is 31.3 Å². The maximum Gasteiger partial charge on any atom is 0.416 e. The van der Waals surface area contributed by atoms with E-state index in [2.05, 4.69) is 0 Å². The Kier molecular flexibility index (Phi) is 3.41. The second-order valence-corrected chi connectivity index (χ2v) is 5.13. The second-order valence-electron chi connectivity index (χ2n) is 5.13. The number of hydrogen-bond acceptors (Lipinski definition) is 3. The summed E-state index contributed by atoms with van der Waals surface area (Å²) < 4.78 is 49.3. The lowest BCUT2D eigenvalue weighted by Gasteiger charge is -2.29.